The normalized spacial score (nSPS) is 12.3. The second kappa shape index (κ2) is 10.1. The first-order chi connectivity index (χ1) is 15.2. The number of carbonyl (C=O) groups is 1. The average Bonchev–Trinajstić information content (AvgIpc) is 2.75. The molecule has 2 aromatic heterocycles. The molecule has 3 aromatic rings. The first-order valence-electron chi connectivity index (χ1n) is 9.61. The number of nitrogens with zero attached hydrogens (tertiary/aromatic N) is 3. The summed E-state index contributed by atoms with van der Waals surface area (Å²) in [5.74, 6) is -0.592. The number of nitrogens with one attached hydrogen (secondary N) is 3. The standard InChI is InChI=1S/C19H23N7O6/c20-19-25-15-14(17(30)26-19)23-11(8-22-15)7-21-10-3-1-9(2-4-10)16(29)24-12(18(31)32)5-6-13(27)28/h1-4,8,12-13,18,21,27-28,31-32H,5-7H2,(H,24,29)(H3,20,22,25,26,30). The molecule has 1 unspecified atom stereocenters. The maximum absolute atomic E-state index is 12.3. The topological polar surface area (TPSA) is 220 Å². The van der Waals surface area contributed by atoms with Crippen LogP contribution in [0.3, 0.4) is 0 Å². The fourth-order valence-electron chi connectivity index (χ4n) is 2.86. The third kappa shape index (κ3) is 5.95. The molecule has 0 saturated carbocycles. The van der Waals surface area contributed by atoms with E-state index in [2.05, 4.69) is 30.6 Å². The van der Waals surface area contributed by atoms with E-state index in [0.29, 0.717) is 11.4 Å². The monoisotopic (exact) mass is 445 g/mol. The smallest absolute Gasteiger partial charge is 0.280 e. The van der Waals surface area contributed by atoms with Crippen molar-refractivity contribution in [3.05, 3.63) is 52.1 Å². The van der Waals surface area contributed by atoms with Gasteiger partial charge in [-0.1, -0.05) is 0 Å². The van der Waals surface area contributed by atoms with Crippen LogP contribution in [0.4, 0.5) is 11.6 Å². The molecular weight excluding hydrogens is 422 g/mol. The predicted molar refractivity (Wildman–Crippen MR) is 113 cm³/mol. The summed E-state index contributed by atoms with van der Waals surface area (Å²) in [6.45, 7) is 0.251. The van der Waals surface area contributed by atoms with Gasteiger partial charge in [0.2, 0.25) is 5.95 Å². The van der Waals surface area contributed by atoms with Gasteiger partial charge in [-0.2, -0.15) is 4.98 Å². The molecule has 1 amide bonds. The Morgan fingerprint density at radius 2 is 1.81 bits per heavy atom. The molecule has 0 aliphatic heterocycles. The molecule has 32 heavy (non-hydrogen) atoms. The number of anilines is 2. The van der Waals surface area contributed by atoms with E-state index in [9.17, 15) is 19.8 Å². The van der Waals surface area contributed by atoms with Crippen LogP contribution in [0.5, 0.6) is 0 Å². The van der Waals surface area contributed by atoms with Crippen molar-refractivity contribution in [1.82, 2.24) is 25.3 Å². The third-order valence-electron chi connectivity index (χ3n) is 4.52. The van der Waals surface area contributed by atoms with Crippen LogP contribution in [0.2, 0.25) is 0 Å². The van der Waals surface area contributed by atoms with E-state index in [1.165, 1.54) is 18.3 Å². The highest BCUT2D eigenvalue weighted by molar-refractivity contribution is 5.94. The molecule has 2 heterocycles. The molecule has 0 fully saturated rings. The van der Waals surface area contributed by atoms with Crippen molar-refractivity contribution < 1.29 is 25.2 Å². The van der Waals surface area contributed by atoms with Crippen molar-refractivity contribution in [2.75, 3.05) is 11.1 Å². The number of carbonyl (C=O) groups excluding carboxylic acids is 1. The Bertz CT molecular complexity index is 1130. The van der Waals surface area contributed by atoms with Gasteiger partial charge in [-0.15, -0.1) is 0 Å². The van der Waals surface area contributed by atoms with Crippen molar-refractivity contribution in [1.29, 1.82) is 0 Å². The molecule has 0 saturated heterocycles. The molecule has 1 aromatic carbocycles. The Kier molecular flexibility index (Phi) is 7.27. The number of aliphatic hydroxyl groups excluding tert-OH is 2. The highest BCUT2D eigenvalue weighted by Crippen LogP contribution is 2.13. The molecule has 13 heteroatoms. The SMILES string of the molecule is Nc1nc2ncc(CNc3ccc(C(=O)NC(CCC(O)O)C(O)O)cc3)nc2c(=O)[nH]1. The van der Waals surface area contributed by atoms with Crippen molar-refractivity contribution in [2.45, 2.75) is 38.0 Å². The molecule has 0 radical (unpaired) electrons. The lowest BCUT2D eigenvalue weighted by Crippen LogP contribution is -2.43. The highest BCUT2D eigenvalue weighted by atomic mass is 16.5. The molecule has 0 bridgehead atoms. The number of amides is 1. The largest absolute Gasteiger partial charge is 0.379 e. The van der Waals surface area contributed by atoms with Crippen LogP contribution >= 0.6 is 0 Å². The minimum atomic E-state index is -1.85. The lowest BCUT2D eigenvalue weighted by molar-refractivity contribution is -0.0817. The molecule has 1 atom stereocenters. The van der Waals surface area contributed by atoms with Gasteiger partial charge in [-0.3, -0.25) is 14.6 Å². The molecule has 9 N–H and O–H groups in total. The number of nitrogens with two attached hydrogens (primary N) is 1. The fraction of sp³-hybridized carbons (Fsp3) is 0.316. The quantitative estimate of drug-likeness (QED) is 0.175. The van der Waals surface area contributed by atoms with Crippen molar-refractivity contribution in [3.8, 4) is 0 Å². The van der Waals surface area contributed by atoms with Crippen LogP contribution in [0.15, 0.2) is 35.3 Å². The molecule has 170 valence electrons. The van der Waals surface area contributed by atoms with Gasteiger partial charge in [-0.05, 0) is 30.7 Å². The van der Waals surface area contributed by atoms with E-state index in [4.69, 9.17) is 15.9 Å². The summed E-state index contributed by atoms with van der Waals surface area (Å²) in [4.78, 5) is 38.8. The Hall–Kier alpha value is -3.65. The van der Waals surface area contributed by atoms with Crippen molar-refractivity contribution >= 4 is 28.7 Å². The number of hydrogen-bond donors (Lipinski definition) is 8. The number of aromatic amines is 1. The maximum Gasteiger partial charge on any atom is 0.280 e. The molecule has 0 aliphatic rings. The van der Waals surface area contributed by atoms with E-state index >= 15 is 0 Å². The minimum Gasteiger partial charge on any atom is -0.379 e. The third-order valence-corrected chi connectivity index (χ3v) is 4.52. The summed E-state index contributed by atoms with van der Waals surface area (Å²) in [6, 6.07) is 5.29. The molecule has 0 aliphatic carbocycles. The summed E-state index contributed by atoms with van der Waals surface area (Å²) < 4.78 is 0. The summed E-state index contributed by atoms with van der Waals surface area (Å²) >= 11 is 0. The fourth-order valence-corrected chi connectivity index (χ4v) is 2.86. The number of aromatic nitrogens is 4. The van der Waals surface area contributed by atoms with Gasteiger partial charge in [0.05, 0.1) is 24.5 Å². The van der Waals surface area contributed by atoms with Gasteiger partial charge in [0, 0.05) is 17.7 Å². The van der Waals surface area contributed by atoms with E-state index in [-0.39, 0.29) is 42.1 Å². The number of benzene rings is 1. The van der Waals surface area contributed by atoms with E-state index in [0.717, 1.165) is 0 Å². The maximum atomic E-state index is 12.3. The van der Waals surface area contributed by atoms with Crippen LogP contribution < -0.4 is 21.9 Å². The number of fused-ring (bicyclic) bond motifs is 1. The van der Waals surface area contributed by atoms with Crippen molar-refractivity contribution in [2.24, 2.45) is 0 Å². The lowest BCUT2D eigenvalue weighted by atomic mass is 10.1. The first-order valence-corrected chi connectivity index (χ1v) is 9.61. The Labute approximate surface area is 181 Å². The Balaban J connectivity index is 1.61. The second-order valence-electron chi connectivity index (χ2n) is 6.97. The van der Waals surface area contributed by atoms with E-state index < -0.39 is 30.1 Å². The Morgan fingerprint density at radius 3 is 2.47 bits per heavy atom. The second-order valence-corrected chi connectivity index (χ2v) is 6.97. The Morgan fingerprint density at radius 1 is 1.09 bits per heavy atom. The minimum absolute atomic E-state index is 0.0293. The predicted octanol–water partition coefficient (Wildman–Crippen LogP) is -1.59. The van der Waals surface area contributed by atoms with Gasteiger partial charge in [0.15, 0.2) is 23.7 Å². The highest BCUT2D eigenvalue weighted by Gasteiger charge is 2.20. The number of rotatable bonds is 9. The van der Waals surface area contributed by atoms with Gasteiger partial charge in [-0.25, -0.2) is 9.97 Å². The average molecular weight is 445 g/mol. The van der Waals surface area contributed by atoms with Crippen LogP contribution in [-0.4, -0.2) is 64.9 Å². The van der Waals surface area contributed by atoms with Gasteiger partial charge >= 0.3 is 0 Å². The molecule has 0 spiro atoms. The van der Waals surface area contributed by atoms with Crippen LogP contribution in [0, 0.1) is 0 Å². The van der Waals surface area contributed by atoms with Gasteiger partial charge in [0.1, 0.15) is 0 Å². The van der Waals surface area contributed by atoms with Gasteiger partial charge in [0.25, 0.3) is 11.5 Å². The molecule has 13 nitrogen and oxygen atoms in total. The molecule has 3 rings (SSSR count). The van der Waals surface area contributed by atoms with Crippen LogP contribution in [0.1, 0.15) is 28.9 Å². The summed E-state index contributed by atoms with van der Waals surface area (Å²) in [5.41, 5.74) is 6.62. The number of H-pyrrole nitrogens is 1. The van der Waals surface area contributed by atoms with E-state index in [1.54, 1.807) is 12.1 Å². The van der Waals surface area contributed by atoms with Crippen molar-refractivity contribution in [3.63, 3.8) is 0 Å². The zero-order chi connectivity index (χ0) is 23.3. The summed E-state index contributed by atoms with van der Waals surface area (Å²) in [6.07, 6.45) is -2.15. The summed E-state index contributed by atoms with van der Waals surface area (Å²) in [5, 5.41) is 42.1. The number of nitrogen functional groups attached to an aromatic ring is 1. The van der Waals surface area contributed by atoms with E-state index in [1.807, 2.05) is 0 Å². The lowest BCUT2D eigenvalue weighted by Gasteiger charge is -2.21. The van der Waals surface area contributed by atoms with Crippen LogP contribution in [0.25, 0.3) is 11.2 Å². The summed E-state index contributed by atoms with van der Waals surface area (Å²) in [7, 11) is 0. The first kappa shape index (κ1) is 23.0. The van der Waals surface area contributed by atoms with Gasteiger partial charge < -0.3 is 36.8 Å². The number of aliphatic hydroxyl groups is 4. The zero-order valence-corrected chi connectivity index (χ0v) is 16.8. The number of hydrogen-bond acceptors (Lipinski definition) is 11. The molecular formula is C19H23N7O6. The van der Waals surface area contributed by atoms with Crippen LogP contribution in [-0.2, 0) is 6.54 Å². The zero-order valence-electron chi connectivity index (χ0n) is 16.8.